The number of rotatable bonds is 8. The van der Waals surface area contributed by atoms with Crippen LogP contribution in [0.2, 0.25) is 5.02 Å². The van der Waals surface area contributed by atoms with Gasteiger partial charge >= 0.3 is 11.7 Å². The van der Waals surface area contributed by atoms with Gasteiger partial charge in [0.2, 0.25) is 5.75 Å². The fourth-order valence-electron chi connectivity index (χ4n) is 2.82. The van der Waals surface area contributed by atoms with Gasteiger partial charge in [0, 0.05) is 28.8 Å². The molecule has 0 bridgehead atoms. The average molecular weight is 492 g/mol. The van der Waals surface area contributed by atoms with Crippen LogP contribution in [-0.2, 0) is 11.3 Å². The van der Waals surface area contributed by atoms with Crippen LogP contribution in [0.1, 0.15) is 12.5 Å². The van der Waals surface area contributed by atoms with Crippen molar-refractivity contribution in [1.82, 2.24) is 14.8 Å². The normalized spacial score (nSPS) is 11.4. The number of aromatic nitrogens is 3. The summed E-state index contributed by atoms with van der Waals surface area (Å²) in [4.78, 5) is 31.8. The first kappa shape index (κ1) is 23.7. The van der Waals surface area contributed by atoms with Crippen LogP contribution in [0.4, 0.5) is 11.4 Å². The minimum atomic E-state index is -1.44. The van der Waals surface area contributed by atoms with Crippen LogP contribution < -0.4 is 0 Å². The van der Waals surface area contributed by atoms with E-state index in [0.29, 0.717) is 40.8 Å². The summed E-state index contributed by atoms with van der Waals surface area (Å²) in [6.07, 6.45) is 0.902. The van der Waals surface area contributed by atoms with Crippen LogP contribution in [0.3, 0.4) is 0 Å². The molecule has 0 fully saturated rings. The molecule has 0 aliphatic rings. The molecule has 0 amide bonds. The van der Waals surface area contributed by atoms with Gasteiger partial charge in [0.15, 0.2) is 11.0 Å². The number of benzene rings is 2. The molecule has 2 aromatic carbocycles. The minimum absolute atomic E-state index is 0.190. The van der Waals surface area contributed by atoms with Crippen LogP contribution in [0, 0.1) is 20.2 Å². The van der Waals surface area contributed by atoms with Gasteiger partial charge < -0.3 is 14.8 Å². The number of hydrogen-bond acceptors (Lipinski definition) is 9. The number of halogens is 1. The first-order valence-corrected chi connectivity index (χ1v) is 10.3. The zero-order valence-electron chi connectivity index (χ0n) is 16.7. The van der Waals surface area contributed by atoms with Gasteiger partial charge in [-0.2, -0.15) is 0 Å². The number of aliphatic carboxylic acids is 1. The fraction of sp³-hybridized carbons (Fsp3) is 0.105. The maximum absolute atomic E-state index is 11.9. The van der Waals surface area contributed by atoms with Gasteiger partial charge in [0.1, 0.15) is 4.91 Å². The summed E-state index contributed by atoms with van der Waals surface area (Å²) >= 11 is 6.58. The van der Waals surface area contributed by atoms with E-state index < -0.39 is 43.4 Å². The SMILES string of the molecule is CCn1c(S/C(=C\c2cc([N+](=O)[O-])cc([N+](=O)[O-])c2O)C(=O)O)nnc1-c1ccc(Cl)cc1. The summed E-state index contributed by atoms with van der Waals surface area (Å²) in [5.41, 5.74) is -1.32. The first-order chi connectivity index (χ1) is 15.6. The summed E-state index contributed by atoms with van der Waals surface area (Å²) < 4.78 is 1.64. The van der Waals surface area contributed by atoms with Crippen molar-refractivity contribution in [2.24, 2.45) is 0 Å². The number of nitro benzene ring substituents is 2. The number of aromatic hydroxyl groups is 1. The number of nitro groups is 2. The smallest absolute Gasteiger partial charge is 0.342 e. The zero-order chi connectivity index (χ0) is 24.3. The molecule has 0 aliphatic heterocycles. The van der Waals surface area contributed by atoms with Crippen LogP contribution in [0.25, 0.3) is 17.5 Å². The lowest BCUT2D eigenvalue weighted by Crippen LogP contribution is -2.03. The third-order valence-corrected chi connectivity index (χ3v) is 5.59. The molecular formula is C19H14ClN5O7S. The number of carboxylic acids is 1. The minimum Gasteiger partial charge on any atom is -0.502 e. The Balaban J connectivity index is 2.07. The van der Waals surface area contributed by atoms with E-state index in [4.69, 9.17) is 11.6 Å². The van der Waals surface area contributed by atoms with E-state index in [1.165, 1.54) is 0 Å². The van der Waals surface area contributed by atoms with Gasteiger partial charge in [-0.15, -0.1) is 10.2 Å². The summed E-state index contributed by atoms with van der Waals surface area (Å²) in [6, 6.07) is 8.21. The van der Waals surface area contributed by atoms with Crippen LogP contribution in [0.15, 0.2) is 46.5 Å². The maximum atomic E-state index is 11.9. The van der Waals surface area contributed by atoms with Gasteiger partial charge in [-0.1, -0.05) is 11.6 Å². The Morgan fingerprint density at radius 3 is 2.39 bits per heavy atom. The zero-order valence-corrected chi connectivity index (χ0v) is 18.3. The summed E-state index contributed by atoms with van der Waals surface area (Å²) in [5, 5.41) is 50.9. The molecule has 170 valence electrons. The Bertz CT molecular complexity index is 1290. The Hall–Kier alpha value is -3.97. The van der Waals surface area contributed by atoms with E-state index in [2.05, 4.69) is 10.2 Å². The van der Waals surface area contributed by atoms with Gasteiger partial charge in [-0.05, 0) is 49.0 Å². The van der Waals surface area contributed by atoms with E-state index in [-0.39, 0.29) is 5.16 Å². The molecule has 0 radical (unpaired) electrons. The molecule has 0 saturated heterocycles. The van der Waals surface area contributed by atoms with Gasteiger partial charge in [-0.3, -0.25) is 20.2 Å². The third-order valence-electron chi connectivity index (χ3n) is 4.35. The van der Waals surface area contributed by atoms with E-state index >= 15 is 0 Å². The molecule has 3 aromatic rings. The molecular weight excluding hydrogens is 478 g/mol. The standard InChI is InChI=1S/C19H14ClN5O7S/c1-2-23-17(10-3-5-12(20)6-4-10)21-22-19(23)33-15(18(27)28)8-11-7-13(24(29)30)9-14(16(11)26)25(31)32/h3-9,26H,2H2,1H3,(H,27,28)/b15-8-. The van der Waals surface area contributed by atoms with Crippen molar-refractivity contribution in [3.63, 3.8) is 0 Å². The summed E-state index contributed by atoms with van der Waals surface area (Å²) in [5.74, 6) is -1.88. The van der Waals surface area contributed by atoms with E-state index in [1.54, 1.807) is 35.8 Å². The molecule has 12 nitrogen and oxygen atoms in total. The number of thioether (sulfide) groups is 1. The fourth-order valence-corrected chi connectivity index (χ4v) is 3.82. The Morgan fingerprint density at radius 2 is 1.85 bits per heavy atom. The second-order valence-corrected chi connectivity index (χ2v) is 7.84. The molecule has 0 spiro atoms. The van der Waals surface area contributed by atoms with Gasteiger partial charge in [0.25, 0.3) is 5.69 Å². The largest absolute Gasteiger partial charge is 0.502 e. The Kier molecular flexibility index (Phi) is 6.94. The molecule has 14 heteroatoms. The monoisotopic (exact) mass is 491 g/mol. The van der Waals surface area contributed by atoms with E-state index in [9.17, 15) is 35.2 Å². The highest BCUT2D eigenvalue weighted by Gasteiger charge is 2.25. The van der Waals surface area contributed by atoms with Crippen LogP contribution in [-0.4, -0.2) is 40.8 Å². The predicted molar refractivity (Wildman–Crippen MR) is 119 cm³/mol. The topological polar surface area (TPSA) is 175 Å². The highest BCUT2D eigenvalue weighted by atomic mass is 35.5. The van der Waals surface area contributed by atoms with Crippen molar-refractivity contribution in [2.45, 2.75) is 18.6 Å². The summed E-state index contributed by atoms with van der Waals surface area (Å²) in [6.45, 7) is 2.18. The van der Waals surface area contributed by atoms with Crippen molar-refractivity contribution >= 4 is 46.8 Å². The lowest BCUT2D eigenvalue weighted by Gasteiger charge is -2.08. The molecule has 2 N–H and O–H groups in total. The van der Waals surface area contributed by atoms with Crippen molar-refractivity contribution in [1.29, 1.82) is 0 Å². The molecule has 33 heavy (non-hydrogen) atoms. The third kappa shape index (κ3) is 5.10. The molecule has 1 heterocycles. The molecule has 0 atom stereocenters. The van der Waals surface area contributed by atoms with Gasteiger partial charge in [-0.25, -0.2) is 4.79 Å². The van der Waals surface area contributed by atoms with Crippen molar-refractivity contribution in [3.05, 3.63) is 72.1 Å². The second-order valence-electron chi connectivity index (χ2n) is 6.39. The number of hydrogen-bond donors (Lipinski definition) is 2. The van der Waals surface area contributed by atoms with Crippen molar-refractivity contribution < 1.29 is 24.9 Å². The number of phenols is 1. The highest BCUT2D eigenvalue weighted by molar-refractivity contribution is 8.04. The lowest BCUT2D eigenvalue weighted by molar-refractivity contribution is -0.394. The first-order valence-electron chi connectivity index (χ1n) is 9.10. The van der Waals surface area contributed by atoms with Crippen molar-refractivity contribution in [3.8, 4) is 17.1 Å². The number of phenolic OH excluding ortho intramolecular Hbond substituents is 1. The van der Waals surface area contributed by atoms with Crippen LogP contribution in [0.5, 0.6) is 5.75 Å². The number of carboxylic acid groups (broad SMARTS) is 1. The molecule has 0 aliphatic carbocycles. The van der Waals surface area contributed by atoms with E-state index in [0.717, 1.165) is 12.1 Å². The van der Waals surface area contributed by atoms with Crippen LogP contribution >= 0.6 is 23.4 Å². The number of nitrogens with zero attached hydrogens (tertiary/aromatic N) is 5. The quantitative estimate of drug-likeness (QED) is 0.199. The average Bonchev–Trinajstić information content (AvgIpc) is 3.17. The maximum Gasteiger partial charge on any atom is 0.342 e. The molecule has 1 aromatic heterocycles. The number of non-ortho nitro benzene ring substituents is 1. The molecule has 0 saturated carbocycles. The molecule has 3 rings (SSSR count). The highest BCUT2D eigenvalue weighted by Crippen LogP contribution is 2.38. The Labute approximate surface area is 194 Å². The predicted octanol–water partition coefficient (Wildman–Crippen LogP) is 4.36. The number of carbonyl (C=O) groups is 1. The van der Waals surface area contributed by atoms with Crippen molar-refractivity contribution in [2.75, 3.05) is 0 Å². The lowest BCUT2D eigenvalue weighted by atomic mass is 10.1. The Morgan fingerprint density at radius 1 is 1.18 bits per heavy atom. The summed E-state index contributed by atoms with van der Waals surface area (Å²) in [7, 11) is 0. The van der Waals surface area contributed by atoms with E-state index in [1.807, 2.05) is 0 Å². The molecule has 0 unspecified atom stereocenters. The van der Waals surface area contributed by atoms with Gasteiger partial charge in [0.05, 0.1) is 15.9 Å². The second kappa shape index (κ2) is 9.67.